The van der Waals surface area contributed by atoms with E-state index in [-0.39, 0.29) is 11.7 Å². The van der Waals surface area contributed by atoms with Gasteiger partial charge < -0.3 is 4.79 Å². The van der Waals surface area contributed by atoms with E-state index in [9.17, 15) is 4.79 Å². The van der Waals surface area contributed by atoms with Gasteiger partial charge in [0.1, 0.15) is 5.78 Å². The number of carbonyl (C=O) groups is 1. The van der Waals surface area contributed by atoms with Crippen LogP contribution in [0.25, 0.3) is 0 Å². The number of halogens is 1. The predicted octanol–water partition coefficient (Wildman–Crippen LogP) is 2.17. The summed E-state index contributed by atoms with van der Waals surface area (Å²) in [5.74, 6) is 0.171. The number of hydrogen-bond donors (Lipinski definition) is 0. The molecule has 0 saturated carbocycles. The second-order valence-electron chi connectivity index (χ2n) is 2.11. The quantitative estimate of drug-likeness (QED) is 0.470. The van der Waals surface area contributed by atoms with Gasteiger partial charge in [0.2, 0.25) is 0 Å². The zero-order valence-corrected chi connectivity index (χ0v) is 7.05. The summed E-state index contributed by atoms with van der Waals surface area (Å²) in [7, 11) is 0. The van der Waals surface area contributed by atoms with Crippen molar-refractivity contribution >= 4 is 33.9 Å². The summed E-state index contributed by atoms with van der Waals surface area (Å²) in [5.41, 5.74) is 0. The molecule has 0 fully saturated rings. The van der Waals surface area contributed by atoms with Gasteiger partial charge in [-0.2, -0.15) is 0 Å². The first-order chi connectivity index (χ1) is 4.04. The zero-order valence-electron chi connectivity index (χ0n) is 5.48. The Bertz CT molecular complexity index is 133. The summed E-state index contributed by atoms with van der Waals surface area (Å²) in [6, 6.07) is 0. The van der Waals surface area contributed by atoms with E-state index < -0.39 is 0 Å². The summed E-state index contributed by atoms with van der Waals surface area (Å²) in [4.78, 5) is 10.4. The van der Waals surface area contributed by atoms with Gasteiger partial charge in [0.15, 0.2) is 0 Å². The lowest BCUT2D eigenvalue weighted by Gasteiger charge is -2.02. The fourth-order valence-electron chi connectivity index (χ4n) is 0.511. The number of thiocarbonyl (C=S) groups is 1. The van der Waals surface area contributed by atoms with Crippen molar-refractivity contribution in [2.45, 2.75) is 20.3 Å². The molecule has 0 aromatic heterocycles. The lowest BCUT2D eigenvalue weighted by molar-refractivity contribution is -0.117. The van der Waals surface area contributed by atoms with Gasteiger partial charge in [-0.15, -0.1) is 0 Å². The van der Waals surface area contributed by atoms with E-state index in [0.29, 0.717) is 10.7 Å². The van der Waals surface area contributed by atoms with Crippen LogP contribution >= 0.6 is 23.8 Å². The molecule has 0 aliphatic carbocycles. The van der Waals surface area contributed by atoms with Crippen molar-refractivity contribution < 1.29 is 4.79 Å². The molecule has 0 aromatic carbocycles. The van der Waals surface area contributed by atoms with Gasteiger partial charge in [0, 0.05) is 12.3 Å². The topological polar surface area (TPSA) is 17.1 Å². The van der Waals surface area contributed by atoms with Gasteiger partial charge in [0.25, 0.3) is 0 Å². The summed E-state index contributed by atoms with van der Waals surface area (Å²) in [5, 5.41) is 0. The summed E-state index contributed by atoms with van der Waals surface area (Å²) in [6.07, 6.45) is 0.461. The fraction of sp³-hybridized carbons (Fsp3) is 0.667. The van der Waals surface area contributed by atoms with Crippen LogP contribution in [-0.2, 0) is 4.79 Å². The molecule has 0 radical (unpaired) electrons. The average Bonchev–Trinajstić information content (AvgIpc) is 1.63. The number of ketones is 1. The van der Waals surface area contributed by atoms with E-state index in [1.165, 1.54) is 6.92 Å². The SMILES string of the molecule is CC(=O)C[C@H](C)C(=S)Cl. The Morgan fingerprint density at radius 3 is 2.33 bits per heavy atom. The Hall–Kier alpha value is 0.0500. The minimum Gasteiger partial charge on any atom is -0.300 e. The Morgan fingerprint density at radius 2 is 2.22 bits per heavy atom. The van der Waals surface area contributed by atoms with Crippen LogP contribution in [0.3, 0.4) is 0 Å². The van der Waals surface area contributed by atoms with Crippen molar-refractivity contribution in [2.24, 2.45) is 5.92 Å². The van der Waals surface area contributed by atoms with Crippen LogP contribution < -0.4 is 0 Å². The fourth-order valence-corrected chi connectivity index (χ4v) is 0.672. The van der Waals surface area contributed by atoms with Crippen LogP contribution in [0.5, 0.6) is 0 Å². The maximum absolute atomic E-state index is 10.4. The molecule has 0 aromatic rings. The van der Waals surface area contributed by atoms with Crippen LogP contribution in [-0.4, -0.2) is 10.1 Å². The highest BCUT2D eigenvalue weighted by molar-refractivity contribution is 7.83. The third kappa shape index (κ3) is 4.55. The van der Waals surface area contributed by atoms with Crippen molar-refractivity contribution in [3.63, 3.8) is 0 Å². The van der Waals surface area contributed by atoms with Gasteiger partial charge in [-0.05, 0) is 6.92 Å². The molecule has 0 bridgehead atoms. The minimum atomic E-state index is 0.0409. The van der Waals surface area contributed by atoms with Crippen molar-refractivity contribution in [3.05, 3.63) is 0 Å². The smallest absolute Gasteiger partial charge is 0.130 e. The molecule has 9 heavy (non-hydrogen) atoms. The van der Waals surface area contributed by atoms with Crippen molar-refractivity contribution in [1.29, 1.82) is 0 Å². The van der Waals surface area contributed by atoms with Gasteiger partial charge in [-0.1, -0.05) is 30.7 Å². The molecular weight excluding hydrogens is 156 g/mol. The highest BCUT2D eigenvalue weighted by Gasteiger charge is 2.07. The lowest BCUT2D eigenvalue weighted by atomic mass is 10.1. The van der Waals surface area contributed by atoms with Gasteiger partial charge >= 0.3 is 0 Å². The van der Waals surface area contributed by atoms with E-state index in [1.54, 1.807) is 0 Å². The van der Waals surface area contributed by atoms with Crippen LogP contribution in [0.1, 0.15) is 20.3 Å². The first-order valence-electron chi connectivity index (χ1n) is 2.73. The first-order valence-corrected chi connectivity index (χ1v) is 3.51. The van der Waals surface area contributed by atoms with Crippen LogP contribution in [0.2, 0.25) is 0 Å². The van der Waals surface area contributed by atoms with Crippen LogP contribution in [0, 0.1) is 5.92 Å². The molecule has 3 heteroatoms. The lowest BCUT2D eigenvalue weighted by Crippen LogP contribution is -2.06. The van der Waals surface area contributed by atoms with Crippen molar-refractivity contribution in [1.82, 2.24) is 0 Å². The Labute approximate surface area is 65.4 Å². The molecule has 52 valence electrons. The third-order valence-electron chi connectivity index (χ3n) is 0.981. The highest BCUT2D eigenvalue weighted by Crippen LogP contribution is 2.08. The molecular formula is C6H9ClOS. The Morgan fingerprint density at radius 1 is 1.78 bits per heavy atom. The number of hydrogen-bond acceptors (Lipinski definition) is 2. The van der Waals surface area contributed by atoms with Crippen LogP contribution in [0.4, 0.5) is 0 Å². The van der Waals surface area contributed by atoms with E-state index in [4.69, 9.17) is 11.6 Å². The van der Waals surface area contributed by atoms with Crippen molar-refractivity contribution in [2.75, 3.05) is 0 Å². The average molecular weight is 165 g/mol. The summed E-state index contributed by atoms with van der Waals surface area (Å²) in [6.45, 7) is 3.38. The molecule has 1 nitrogen and oxygen atoms in total. The van der Waals surface area contributed by atoms with Gasteiger partial charge in [-0.3, -0.25) is 0 Å². The molecule has 0 amide bonds. The van der Waals surface area contributed by atoms with Crippen LogP contribution in [0.15, 0.2) is 0 Å². The van der Waals surface area contributed by atoms with Crippen molar-refractivity contribution in [3.8, 4) is 0 Å². The molecule has 0 spiro atoms. The van der Waals surface area contributed by atoms with Gasteiger partial charge in [-0.25, -0.2) is 0 Å². The molecule has 0 heterocycles. The standard InChI is InChI=1S/C6H9ClOS/c1-4(6(7)9)3-5(2)8/h4H,3H2,1-2H3/t4-/m0/s1. The maximum atomic E-state index is 10.4. The third-order valence-corrected chi connectivity index (χ3v) is 1.76. The normalized spacial score (nSPS) is 12.8. The van der Waals surface area contributed by atoms with Gasteiger partial charge in [0.05, 0.1) is 4.32 Å². The largest absolute Gasteiger partial charge is 0.300 e. The number of Topliss-reactive ketones (excluding diaryl/α,β-unsaturated/α-hetero) is 1. The molecule has 0 rings (SSSR count). The zero-order chi connectivity index (χ0) is 7.44. The number of rotatable bonds is 3. The molecule has 1 atom stereocenters. The predicted molar refractivity (Wildman–Crippen MR) is 42.9 cm³/mol. The second kappa shape index (κ2) is 3.96. The molecule has 0 N–H and O–H groups in total. The van der Waals surface area contributed by atoms with E-state index in [0.717, 1.165) is 0 Å². The van der Waals surface area contributed by atoms with E-state index in [2.05, 4.69) is 12.2 Å². The number of carbonyl (C=O) groups excluding carboxylic acids is 1. The summed E-state index contributed by atoms with van der Waals surface area (Å²) < 4.78 is 0.394. The molecule has 0 aliphatic rings. The molecule has 0 saturated heterocycles. The monoisotopic (exact) mass is 164 g/mol. The summed E-state index contributed by atoms with van der Waals surface area (Å²) >= 11 is 10.1. The maximum Gasteiger partial charge on any atom is 0.130 e. The Balaban J connectivity index is 3.63. The molecule has 0 aliphatic heterocycles. The highest BCUT2D eigenvalue weighted by atomic mass is 35.5. The molecule has 0 unspecified atom stereocenters. The second-order valence-corrected chi connectivity index (χ2v) is 3.18. The Kier molecular flexibility index (Phi) is 3.98. The van der Waals surface area contributed by atoms with E-state index in [1.807, 2.05) is 6.92 Å². The van der Waals surface area contributed by atoms with E-state index >= 15 is 0 Å². The minimum absolute atomic E-state index is 0.0409. The first kappa shape index (κ1) is 9.05.